The van der Waals surface area contributed by atoms with Gasteiger partial charge >= 0.3 is 0 Å². The summed E-state index contributed by atoms with van der Waals surface area (Å²) in [5.41, 5.74) is 0.667. The molecule has 0 N–H and O–H groups in total. The van der Waals surface area contributed by atoms with Gasteiger partial charge in [-0.15, -0.1) is 0 Å². The van der Waals surface area contributed by atoms with Gasteiger partial charge in [0.25, 0.3) is 0 Å². The Hall–Kier alpha value is -2.31. The van der Waals surface area contributed by atoms with Gasteiger partial charge in [0.05, 0.1) is 20.8 Å². The van der Waals surface area contributed by atoms with Crippen LogP contribution in [-0.2, 0) is 17.9 Å². The highest BCUT2D eigenvalue weighted by atomic mass is 16.5. The third kappa shape index (κ3) is 4.70. The summed E-state index contributed by atoms with van der Waals surface area (Å²) < 4.78 is 21.5. The Morgan fingerprint density at radius 3 is 2.63 bits per heavy atom. The molecule has 0 saturated carbocycles. The van der Waals surface area contributed by atoms with E-state index >= 15 is 0 Å². The van der Waals surface area contributed by atoms with Crippen LogP contribution in [0.2, 0.25) is 0 Å². The number of likely N-dealkylation sites (tertiary alicyclic amines) is 1. The molecule has 0 spiro atoms. The fourth-order valence-electron chi connectivity index (χ4n) is 3.59. The summed E-state index contributed by atoms with van der Waals surface area (Å²) in [6.07, 6.45) is 1.89. The summed E-state index contributed by atoms with van der Waals surface area (Å²) in [6, 6.07) is 9.28. The van der Waals surface area contributed by atoms with E-state index in [1.54, 1.807) is 33.5 Å². The van der Waals surface area contributed by atoms with Crippen LogP contribution < -0.4 is 9.47 Å². The number of benzene rings is 1. The summed E-state index contributed by atoms with van der Waals surface area (Å²) in [7, 11) is 4.82. The quantitative estimate of drug-likeness (QED) is 0.660. The fraction of sp³-hybridized carbons (Fsp3) is 0.476. The van der Waals surface area contributed by atoms with Crippen molar-refractivity contribution in [2.24, 2.45) is 5.92 Å². The van der Waals surface area contributed by atoms with E-state index in [9.17, 15) is 4.79 Å². The van der Waals surface area contributed by atoms with Crippen LogP contribution in [0.1, 0.15) is 34.7 Å². The molecule has 6 heteroatoms. The van der Waals surface area contributed by atoms with Crippen LogP contribution in [-0.4, -0.2) is 45.1 Å². The second kappa shape index (κ2) is 9.06. The molecular weight excluding hydrogens is 346 g/mol. The van der Waals surface area contributed by atoms with Crippen molar-refractivity contribution in [2.45, 2.75) is 26.0 Å². The zero-order chi connectivity index (χ0) is 19.2. The molecule has 27 heavy (non-hydrogen) atoms. The van der Waals surface area contributed by atoms with Crippen molar-refractivity contribution in [1.29, 1.82) is 0 Å². The Balaban J connectivity index is 1.65. The van der Waals surface area contributed by atoms with E-state index in [0.717, 1.165) is 37.5 Å². The third-order valence-corrected chi connectivity index (χ3v) is 4.93. The predicted octanol–water partition coefficient (Wildman–Crippen LogP) is 3.54. The highest BCUT2D eigenvalue weighted by molar-refractivity contribution is 5.98. The van der Waals surface area contributed by atoms with Crippen LogP contribution in [0.15, 0.2) is 34.7 Å². The Labute approximate surface area is 160 Å². The van der Waals surface area contributed by atoms with Crippen molar-refractivity contribution in [3.63, 3.8) is 0 Å². The minimum absolute atomic E-state index is 0.0229. The van der Waals surface area contributed by atoms with Gasteiger partial charge < -0.3 is 18.6 Å². The molecule has 2 heterocycles. The van der Waals surface area contributed by atoms with Crippen LogP contribution in [0.5, 0.6) is 11.5 Å². The summed E-state index contributed by atoms with van der Waals surface area (Å²) >= 11 is 0. The first-order chi connectivity index (χ1) is 13.1. The van der Waals surface area contributed by atoms with Gasteiger partial charge in [-0.05, 0) is 49.7 Å². The minimum Gasteiger partial charge on any atom is -0.493 e. The molecule has 1 fully saturated rings. The normalized spacial score (nSPS) is 17.7. The average Bonchev–Trinajstić information content (AvgIpc) is 3.14. The van der Waals surface area contributed by atoms with E-state index < -0.39 is 0 Å². The zero-order valence-corrected chi connectivity index (χ0v) is 16.2. The number of furan rings is 1. The number of ether oxygens (including phenoxy) is 3. The molecule has 0 aliphatic carbocycles. The molecule has 0 amide bonds. The monoisotopic (exact) mass is 373 g/mol. The van der Waals surface area contributed by atoms with Crippen LogP contribution in [0, 0.1) is 5.92 Å². The van der Waals surface area contributed by atoms with E-state index in [1.807, 2.05) is 18.2 Å². The number of methoxy groups -OCH3 is 3. The first-order valence-electron chi connectivity index (χ1n) is 9.19. The number of piperidine rings is 1. The molecular formula is C21H27NO5. The maximum atomic E-state index is 13.0. The Morgan fingerprint density at radius 1 is 1.11 bits per heavy atom. The number of ketones is 1. The van der Waals surface area contributed by atoms with Gasteiger partial charge in [-0.25, -0.2) is 0 Å². The minimum atomic E-state index is -0.0229. The van der Waals surface area contributed by atoms with E-state index in [-0.39, 0.29) is 11.7 Å². The number of hydrogen-bond acceptors (Lipinski definition) is 6. The lowest BCUT2D eigenvalue weighted by Gasteiger charge is -2.31. The number of nitrogens with zero attached hydrogens (tertiary/aromatic N) is 1. The molecule has 0 radical (unpaired) electrons. The van der Waals surface area contributed by atoms with Gasteiger partial charge in [-0.2, -0.15) is 0 Å². The van der Waals surface area contributed by atoms with E-state index in [2.05, 4.69) is 4.90 Å². The van der Waals surface area contributed by atoms with Crippen LogP contribution >= 0.6 is 0 Å². The number of carbonyl (C=O) groups is 1. The number of hydrogen-bond donors (Lipinski definition) is 0. The second-order valence-corrected chi connectivity index (χ2v) is 6.81. The standard InChI is InChI=1S/C21H27NO5/c1-24-14-18-8-7-17(27-18)13-22-10-4-5-16(12-22)21(23)15-6-9-19(25-2)20(11-15)26-3/h6-9,11,16H,4-5,10,12-14H2,1-3H3. The molecule has 1 atom stereocenters. The predicted molar refractivity (Wildman–Crippen MR) is 101 cm³/mol. The van der Waals surface area contributed by atoms with Gasteiger partial charge in [0, 0.05) is 25.1 Å². The van der Waals surface area contributed by atoms with Crippen molar-refractivity contribution in [3.8, 4) is 11.5 Å². The average molecular weight is 373 g/mol. The lowest BCUT2D eigenvalue weighted by atomic mass is 9.90. The highest BCUT2D eigenvalue weighted by Crippen LogP contribution is 2.30. The topological polar surface area (TPSA) is 61.1 Å². The van der Waals surface area contributed by atoms with Gasteiger partial charge in [0.15, 0.2) is 17.3 Å². The van der Waals surface area contributed by atoms with Crippen molar-refractivity contribution in [1.82, 2.24) is 4.90 Å². The maximum absolute atomic E-state index is 13.0. The first kappa shape index (κ1) is 19.5. The Bertz CT molecular complexity index is 770. The van der Waals surface area contributed by atoms with Gasteiger partial charge in [0.2, 0.25) is 0 Å². The van der Waals surface area contributed by atoms with Gasteiger partial charge in [0.1, 0.15) is 18.1 Å². The number of rotatable bonds is 8. The Morgan fingerprint density at radius 2 is 1.89 bits per heavy atom. The molecule has 1 aliphatic heterocycles. The van der Waals surface area contributed by atoms with E-state index in [1.165, 1.54) is 0 Å². The van der Waals surface area contributed by atoms with Gasteiger partial charge in [-0.3, -0.25) is 9.69 Å². The maximum Gasteiger partial charge on any atom is 0.167 e. The summed E-state index contributed by atoms with van der Waals surface area (Å²) in [5, 5.41) is 0. The van der Waals surface area contributed by atoms with E-state index in [4.69, 9.17) is 18.6 Å². The molecule has 0 bridgehead atoms. The summed E-state index contributed by atoms with van der Waals surface area (Å²) in [5.74, 6) is 3.07. The van der Waals surface area contributed by atoms with Crippen molar-refractivity contribution in [2.75, 3.05) is 34.4 Å². The van der Waals surface area contributed by atoms with Crippen LogP contribution in [0.3, 0.4) is 0 Å². The molecule has 1 aromatic carbocycles. The summed E-state index contributed by atoms with van der Waals surface area (Å²) in [6.45, 7) is 2.88. The molecule has 1 unspecified atom stereocenters. The van der Waals surface area contributed by atoms with Crippen molar-refractivity contribution < 1.29 is 23.4 Å². The van der Waals surface area contributed by atoms with E-state index in [0.29, 0.717) is 30.2 Å². The van der Waals surface area contributed by atoms with Crippen LogP contribution in [0.4, 0.5) is 0 Å². The fourth-order valence-corrected chi connectivity index (χ4v) is 3.59. The largest absolute Gasteiger partial charge is 0.493 e. The lowest BCUT2D eigenvalue weighted by molar-refractivity contribution is 0.0799. The molecule has 6 nitrogen and oxygen atoms in total. The van der Waals surface area contributed by atoms with Crippen molar-refractivity contribution >= 4 is 5.78 Å². The first-order valence-corrected chi connectivity index (χ1v) is 9.19. The van der Waals surface area contributed by atoms with Crippen LogP contribution in [0.25, 0.3) is 0 Å². The highest BCUT2D eigenvalue weighted by Gasteiger charge is 2.27. The molecule has 3 rings (SSSR count). The second-order valence-electron chi connectivity index (χ2n) is 6.81. The van der Waals surface area contributed by atoms with Crippen molar-refractivity contribution in [3.05, 3.63) is 47.4 Å². The molecule has 1 aromatic heterocycles. The smallest absolute Gasteiger partial charge is 0.167 e. The molecule has 1 saturated heterocycles. The number of Topliss-reactive ketones (excluding diaryl/α,β-unsaturated/α-hetero) is 1. The SMILES string of the molecule is COCc1ccc(CN2CCCC(C(=O)c3ccc(OC)c(OC)c3)C2)o1. The third-order valence-electron chi connectivity index (χ3n) is 4.93. The number of carbonyl (C=O) groups excluding carboxylic acids is 1. The molecule has 1 aliphatic rings. The lowest BCUT2D eigenvalue weighted by Crippen LogP contribution is -2.38. The van der Waals surface area contributed by atoms with Gasteiger partial charge in [-0.1, -0.05) is 0 Å². The summed E-state index contributed by atoms with van der Waals surface area (Å²) in [4.78, 5) is 15.3. The molecule has 2 aromatic rings. The molecule has 146 valence electrons. The Kier molecular flexibility index (Phi) is 6.53. The zero-order valence-electron chi connectivity index (χ0n) is 16.2.